The molecule has 2 aliphatic rings. The molecule has 2 fully saturated rings. The number of rotatable bonds is 5. The van der Waals surface area contributed by atoms with Gasteiger partial charge in [0.15, 0.2) is 0 Å². The lowest BCUT2D eigenvalue weighted by Gasteiger charge is -2.30. The summed E-state index contributed by atoms with van der Waals surface area (Å²) >= 11 is 0. The summed E-state index contributed by atoms with van der Waals surface area (Å²) in [5.41, 5.74) is 1.34. The molecule has 1 aliphatic carbocycles. The van der Waals surface area contributed by atoms with E-state index in [-0.39, 0.29) is 0 Å². The maximum atomic E-state index is 5.90. The third kappa shape index (κ3) is 3.28. The van der Waals surface area contributed by atoms with E-state index in [0.29, 0.717) is 18.1 Å². The second-order valence-electron chi connectivity index (χ2n) is 5.61. The first-order valence-corrected chi connectivity index (χ1v) is 7.38. The Morgan fingerprint density at radius 1 is 1.21 bits per heavy atom. The molecule has 3 nitrogen and oxygen atoms in total. The van der Waals surface area contributed by atoms with E-state index in [1.165, 1.54) is 18.4 Å². The van der Waals surface area contributed by atoms with E-state index in [2.05, 4.69) is 36.6 Å². The van der Waals surface area contributed by atoms with Crippen LogP contribution in [0.15, 0.2) is 24.3 Å². The molecule has 0 aromatic heterocycles. The second kappa shape index (κ2) is 5.93. The van der Waals surface area contributed by atoms with Crippen molar-refractivity contribution in [2.45, 2.75) is 37.8 Å². The molecule has 0 spiro atoms. The summed E-state index contributed by atoms with van der Waals surface area (Å²) in [6, 6.07) is 8.99. The van der Waals surface area contributed by atoms with Gasteiger partial charge in [0.25, 0.3) is 0 Å². The Balaban J connectivity index is 1.73. The standard InChI is InChI=1S/C16H23NO2/c1-17-16(12-7-9-18-10-8-12)13-3-2-4-15(11-13)19-14-5-6-14/h2-4,11-12,14,16-17H,5-10H2,1H3. The minimum Gasteiger partial charge on any atom is -0.490 e. The third-order valence-corrected chi connectivity index (χ3v) is 4.09. The van der Waals surface area contributed by atoms with E-state index in [4.69, 9.17) is 9.47 Å². The summed E-state index contributed by atoms with van der Waals surface area (Å²) < 4.78 is 11.4. The van der Waals surface area contributed by atoms with Crippen molar-refractivity contribution in [3.8, 4) is 5.75 Å². The molecule has 1 saturated carbocycles. The summed E-state index contributed by atoms with van der Waals surface area (Å²) in [6.07, 6.45) is 5.16. The summed E-state index contributed by atoms with van der Waals surface area (Å²) in [4.78, 5) is 0. The van der Waals surface area contributed by atoms with Crippen LogP contribution >= 0.6 is 0 Å². The Morgan fingerprint density at radius 3 is 2.68 bits per heavy atom. The van der Waals surface area contributed by atoms with Crippen LogP contribution in [0.25, 0.3) is 0 Å². The van der Waals surface area contributed by atoms with Gasteiger partial charge in [-0.05, 0) is 56.3 Å². The predicted molar refractivity (Wildman–Crippen MR) is 75.4 cm³/mol. The lowest BCUT2D eigenvalue weighted by atomic mass is 9.87. The van der Waals surface area contributed by atoms with Crippen LogP contribution in [0.4, 0.5) is 0 Å². The van der Waals surface area contributed by atoms with Crippen LogP contribution in [0, 0.1) is 5.92 Å². The largest absolute Gasteiger partial charge is 0.490 e. The first kappa shape index (κ1) is 12.9. The zero-order chi connectivity index (χ0) is 13.1. The highest BCUT2D eigenvalue weighted by atomic mass is 16.5. The molecule has 1 heterocycles. The van der Waals surface area contributed by atoms with Crippen LogP contribution in [0.1, 0.15) is 37.3 Å². The van der Waals surface area contributed by atoms with Crippen molar-refractivity contribution in [2.75, 3.05) is 20.3 Å². The molecule has 0 amide bonds. The van der Waals surface area contributed by atoms with Gasteiger partial charge >= 0.3 is 0 Å². The van der Waals surface area contributed by atoms with Gasteiger partial charge in [-0.15, -0.1) is 0 Å². The number of nitrogens with one attached hydrogen (secondary N) is 1. The first-order chi connectivity index (χ1) is 9.36. The molecule has 1 aromatic carbocycles. The van der Waals surface area contributed by atoms with Crippen molar-refractivity contribution in [2.24, 2.45) is 5.92 Å². The Morgan fingerprint density at radius 2 is 2.00 bits per heavy atom. The Kier molecular flexibility index (Phi) is 4.04. The van der Waals surface area contributed by atoms with Crippen molar-refractivity contribution in [3.05, 3.63) is 29.8 Å². The molecule has 1 atom stereocenters. The topological polar surface area (TPSA) is 30.5 Å². The zero-order valence-electron chi connectivity index (χ0n) is 11.6. The van der Waals surface area contributed by atoms with Gasteiger partial charge in [0.05, 0.1) is 6.10 Å². The van der Waals surface area contributed by atoms with Crippen LogP contribution in [0.5, 0.6) is 5.75 Å². The smallest absolute Gasteiger partial charge is 0.120 e. The zero-order valence-corrected chi connectivity index (χ0v) is 11.6. The lowest BCUT2D eigenvalue weighted by molar-refractivity contribution is 0.0546. The molecule has 1 N–H and O–H groups in total. The van der Waals surface area contributed by atoms with E-state index in [0.717, 1.165) is 31.8 Å². The maximum Gasteiger partial charge on any atom is 0.120 e. The minimum absolute atomic E-state index is 0.409. The van der Waals surface area contributed by atoms with Gasteiger partial charge in [-0.25, -0.2) is 0 Å². The molecule has 0 radical (unpaired) electrons. The highest BCUT2D eigenvalue weighted by molar-refractivity contribution is 5.31. The molecular formula is C16H23NO2. The van der Waals surface area contributed by atoms with Gasteiger partial charge in [-0.1, -0.05) is 12.1 Å². The maximum absolute atomic E-state index is 5.90. The molecule has 1 aromatic rings. The highest BCUT2D eigenvalue weighted by Crippen LogP contribution is 2.33. The molecule has 1 unspecified atom stereocenters. The number of hydrogen-bond acceptors (Lipinski definition) is 3. The van der Waals surface area contributed by atoms with Crippen molar-refractivity contribution in [3.63, 3.8) is 0 Å². The van der Waals surface area contributed by atoms with E-state index in [1.54, 1.807) is 0 Å². The fourth-order valence-electron chi connectivity index (χ4n) is 2.88. The number of hydrogen-bond donors (Lipinski definition) is 1. The molecule has 3 heteroatoms. The van der Waals surface area contributed by atoms with E-state index < -0.39 is 0 Å². The van der Waals surface area contributed by atoms with Gasteiger partial charge in [0.2, 0.25) is 0 Å². The van der Waals surface area contributed by atoms with Gasteiger partial charge < -0.3 is 14.8 Å². The normalized spacial score (nSPS) is 22.2. The molecule has 1 saturated heterocycles. The van der Waals surface area contributed by atoms with Crippen LogP contribution < -0.4 is 10.1 Å². The van der Waals surface area contributed by atoms with E-state index in [9.17, 15) is 0 Å². The average molecular weight is 261 g/mol. The average Bonchev–Trinajstić information content (AvgIpc) is 3.25. The Bertz CT molecular complexity index is 411. The molecular weight excluding hydrogens is 238 g/mol. The highest BCUT2D eigenvalue weighted by Gasteiger charge is 2.26. The summed E-state index contributed by atoms with van der Waals surface area (Å²) in [5, 5.41) is 3.47. The van der Waals surface area contributed by atoms with Gasteiger partial charge in [0, 0.05) is 19.3 Å². The lowest BCUT2D eigenvalue weighted by Crippen LogP contribution is -2.30. The quantitative estimate of drug-likeness (QED) is 0.884. The summed E-state index contributed by atoms with van der Waals surface area (Å²) in [7, 11) is 2.05. The molecule has 3 rings (SSSR count). The van der Waals surface area contributed by atoms with Crippen molar-refractivity contribution < 1.29 is 9.47 Å². The van der Waals surface area contributed by atoms with Crippen molar-refractivity contribution in [1.29, 1.82) is 0 Å². The molecule has 104 valence electrons. The third-order valence-electron chi connectivity index (χ3n) is 4.09. The summed E-state index contributed by atoms with van der Waals surface area (Å²) in [6.45, 7) is 1.78. The van der Waals surface area contributed by atoms with E-state index >= 15 is 0 Å². The monoisotopic (exact) mass is 261 g/mol. The van der Waals surface area contributed by atoms with Crippen molar-refractivity contribution in [1.82, 2.24) is 5.32 Å². The van der Waals surface area contributed by atoms with Crippen LogP contribution in [-0.2, 0) is 4.74 Å². The van der Waals surface area contributed by atoms with Crippen molar-refractivity contribution >= 4 is 0 Å². The van der Waals surface area contributed by atoms with Gasteiger partial charge in [-0.3, -0.25) is 0 Å². The van der Waals surface area contributed by atoms with Crippen LogP contribution in [0.3, 0.4) is 0 Å². The SMILES string of the molecule is CNC(c1cccc(OC2CC2)c1)C1CCOCC1. The Labute approximate surface area is 115 Å². The number of benzene rings is 1. The van der Waals surface area contributed by atoms with Gasteiger partial charge in [0.1, 0.15) is 5.75 Å². The molecule has 0 bridgehead atoms. The van der Waals surface area contributed by atoms with Crippen LogP contribution in [0.2, 0.25) is 0 Å². The second-order valence-corrected chi connectivity index (χ2v) is 5.61. The fraction of sp³-hybridized carbons (Fsp3) is 0.625. The van der Waals surface area contributed by atoms with Crippen LogP contribution in [-0.4, -0.2) is 26.4 Å². The fourth-order valence-corrected chi connectivity index (χ4v) is 2.88. The molecule has 19 heavy (non-hydrogen) atoms. The predicted octanol–water partition coefficient (Wildman–Crippen LogP) is 2.91. The Hall–Kier alpha value is -1.06. The van der Waals surface area contributed by atoms with Gasteiger partial charge in [-0.2, -0.15) is 0 Å². The first-order valence-electron chi connectivity index (χ1n) is 7.38. The van der Waals surface area contributed by atoms with E-state index in [1.807, 2.05) is 0 Å². The number of ether oxygens (including phenoxy) is 2. The molecule has 1 aliphatic heterocycles. The minimum atomic E-state index is 0.409. The summed E-state index contributed by atoms with van der Waals surface area (Å²) in [5.74, 6) is 1.68.